The SMILES string of the molecule is COc1cc([N+](=O)[O-])c(C(N)=O)cc1OCC(=O)Nc1ccc(F)c(Cl)c1. The summed E-state index contributed by atoms with van der Waals surface area (Å²) >= 11 is 5.62. The van der Waals surface area contributed by atoms with Gasteiger partial charge in [0.05, 0.1) is 23.1 Å². The predicted molar refractivity (Wildman–Crippen MR) is 93.7 cm³/mol. The lowest BCUT2D eigenvalue weighted by molar-refractivity contribution is -0.385. The largest absolute Gasteiger partial charge is 0.493 e. The molecule has 0 aromatic heterocycles. The number of anilines is 1. The van der Waals surface area contributed by atoms with E-state index in [1.807, 2.05) is 0 Å². The van der Waals surface area contributed by atoms with E-state index >= 15 is 0 Å². The maximum atomic E-state index is 13.1. The molecular formula is C16H13ClFN3O6. The van der Waals surface area contributed by atoms with E-state index in [-0.39, 0.29) is 22.2 Å². The van der Waals surface area contributed by atoms with Gasteiger partial charge in [-0.2, -0.15) is 0 Å². The number of hydrogen-bond donors (Lipinski definition) is 2. The predicted octanol–water partition coefficient (Wildman–Crippen LogP) is 2.51. The molecule has 0 atom stereocenters. The molecule has 0 heterocycles. The molecular weight excluding hydrogens is 385 g/mol. The highest BCUT2D eigenvalue weighted by Crippen LogP contribution is 2.34. The second-order valence-corrected chi connectivity index (χ2v) is 5.51. The van der Waals surface area contributed by atoms with Crippen LogP contribution in [0.1, 0.15) is 10.4 Å². The van der Waals surface area contributed by atoms with Gasteiger partial charge >= 0.3 is 0 Å². The van der Waals surface area contributed by atoms with Crippen LogP contribution in [0, 0.1) is 15.9 Å². The number of hydrogen-bond acceptors (Lipinski definition) is 6. The van der Waals surface area contributed by atoms with Crippen molar-refractivity contribution in [1.29, 1.82) is 0 Å². The van der Waals surface area contributed by atoms with Crippen molar-refractivity contribution < 1.29 is 28.4 Å². The number of nitrogens with one attached hydrogen (secondary N) is 1. The number of benzene rings is 2. The lowest BCUT2D eigenvalue weighted by Crippen LogP contribution is -2.21. The maximum absolute atomic E-state index is 13.1. The monoisotopic (exact) mass is 397 g/mol. The van der Waals surface area contributed by atoms with E-state index in [1.165, 1.54) is 19.2 Å². The smallest absolute Gasteiger partial charge is 0.286 e. The number of primary amides is 1. The molecule has 0 aliphatic heterocycles. The number of nitro groups is 1. The van der Waals surface area contributed by atoms with E-state index in [0.29, 0.717) is 0 Å². The van der Waals surface area contributed by atoms with Crippen LogP contribution in [0.25, 0.3) is 0 Å². The van der Waals surface area contributed by atoms with Crippen LogP contribution in [-0.2, 0) is 4.79 Å². The summed E-state index contributed by atoms with van der Waals surface area (Å²) in [6.45, 7) is -0.526. The summed E-state index contributed by atoms with van der Waals surface area (Å²) in [7, 11) is 1.23. The van der Waals surface area contributed by atoms with Crippen molar-refractivity contribution in [2.75, 3.05) is 19.0 Å². The zero-order chi connectivity index (χ0) is 20.1. The summed E-state index contributed by atoms with van der Waals surface area (Å²) in [5.41, 5.74) is 4.41. The maximum Gasteiger partial charge on any atom is 0.286 e. The van der Waals surface area contributed by atoms with Crippen molar-refractivity contribution in [1.82, 2.24) is 0 Å². The molecule has 142 valence electrons. The van der Waals surface area contributed by atoms with Crippen LogP contribution in [0.3, 0.4) is 0 Å². The Labute approximate surface area is 157 Å². The molecule has 27 heavy (non-hydrogen) atoms. The quantitative estimate of drug-likeness (QED) is 0.544. The van der Waals surface area contributed by atoms with Crippen LogP contribution >= 0.6 is 11.6 Å². The Hall–Kier alpha value is -3.40. The van der Waals surface area contributed by atoms with Crippen molar-refractivity contribution in [2.24, 2.45) is 5.73 Å². The second kappa shape index (κ2) is 8.32. The third kappa shape index (κ3) is 4.82. The zero-order valence-electron chi connectivity index (χ0n) is 13.8. The first-order valence-corrected chi connectivity index (χ1v) is 7.64. The fraction of sp³-hybridized carbons (Fsp3) is 0.125. The molecule has 0 saturated heterocycles. The first kappa shape index (κ1) is 19.9. The molecule has 0 aliphatic rings. The zero-order valence-corrected chi connectivity index (χ0v) is 14.6. The molecule has 0 fully saturated rings. The van der Waals surface area contributed by atoms with Gasteiger partial charge in [0, 0.05) is 11.8 Å². The fourth-order valence-corrected chi connectivity index (χ4v) is 2.26. The van der Waals surface area contributed by atoms with Crippen molar-refractivity contribution in [3.05, 3.63) is 56.8 Å². The van der Waals surface area contributed by atoms with Gasteiger partial charge in [-0.3, -0.25) is 19.7 Å². The van der Waals surface area contributed by atoms with Crippen molar-refractivity contribution in [3.8, 4) is 11.5 Å². The molecule has 0 unspecified atom stereocenters. The molecule has 2 amide bonds. The summed E-state index contributed by atoms with van der Waals surface area (Å²) < 4.78 is 23.4. The summed E-state index contributed by atoms with van der Waals surface area (Å²) in [6.07, 6.45) is 0. The topological polar surface area (TPSA) is 134 Å². The first-order valence-electron chi connectivity index (χ1n) is 7.27. The molecule has 2 aromatic rings. The molecule has 0 aliphatic carbocycles. The first-order chi connectivity index (χ1) is 12.7. The lowest BCUT2D eigenvalue weighted by atomic mass is 10.1. The van der Waals surface area contributed by atoms with Gasteiger partial charge in [0.15, 0.2) is 18.1 Å². The molecule has 9 nitrogen and oxygen atoms in total. The van der Waals surface area contributed by atoms with E-state index in [9.17, 15) is 24.1 Å². The summed E-state index contributed by atoms with van der Waals surface area (Å²) in [6, 6.07) is 5.58. The number of nitrogens with zero attached hydrogens (tertiary/aromatic N) is 1. The van der Waals surface area contributed by atoms with Crippen molar-refractivity contribution in [2.45, 2.75) is 0 Å². The third-order valence-electron chi connectivity index (χ3n) is 3.31. The molecule has 2 aromatic carbocycles. The number of nitrogens with two attached hydrogens (primary N) is 1. The number of carbonyl (C=O) groups excluding carboxylic acids is 2. The highest BCUT2D eigenvalue weighted by atomic mass is 35.5. The second-order valence-electron chi connectivity index (χ2n) is 5.11. The van der Waals surface area contributed by atoms with Gasteiger partial charge in [-0.15, -0.1) is 0 Å². The van der Waals surface area contributed by atoms with Gasteiger partial charge < -0.3 is 20.5 Å². The average molecular weight is 398 g/mol. The van der Waals surface area contributed by atoms with E-state index in [2.05, 4.69) is 5.32 Å². The van der Waals surface area contributed by atoms with Gasteiger partial charge in [-0.25, -0.2) is 4.39 Å². The van der Waals surface area contributed by atoms with Gasteiger partial charge in [0.1, 0.15) is 11.4 Å². The summed E-state index contributed by atoms with van der Waals surface area (Å²) in [5, 5.41) is 13.3. The fourth-order valence-electron chi connectivity index (χ4n) is 2.08. The minimum absolute atomic E-state index is 0.0654. The van der Waals surface area contributed by atoms with E-state index in [4.69, 9.17) is 26.8 Å². The molecule has 0 bridgehead atoms. The van der Waals surface area contributed by atoms with Crippen LogP contribution in [0.4, 0.5) is 15.8 Å². The van der Waals surface area contributed by atoms with Gasteiger partial charge in [0.2, 0.25) is 0 Å². The highest BCUT2D eigenvalue weighted by Gasteiger charge is 2.23. The Morgan fingerprint density at radius 2 is 2.00 bits per heavy atom. The van der Waals surface area contributed by atoms with Gasteiger partial charge in [-0.1, -0.05) is 11.6 Å². The Morgan fingerprint density at radius 3 is 2.56 bits per heavy atom. The normalized spacial score (nSPS) is 10.2. The number of methoxy groups -OCH3 is 1. The Balaban J connectivity index is 2.17. The average Bonchev–Trinajstić information content (AvgIpc) is 2.62. The number of carbonyl (C=O) groups is 2. The minimum Gasteiger partial charge on any atom is -0.493 e. The lowest BCUT2D eigenvalue weighted by Gasteiger charge is -2.12. The standard InChI is InChI=1S/C16H13ClFN3O6/c1-26-13-6-12(21(24)25)9(16(19)23)5-14(13)27-7-15(22)20-8-2-3-11(18)10(17)4-8/h2-6H,7H2,1H3,(H2,19,23)(H,20,22). The van der Waals surface area contributed by atoms with Gasteiger partial charge in [0.25, 0.3) is 17.5 Å². The number of nitro benzene ring substituents is 1. The Bertz CT molecular complexity index is 921. The van der Waals surface area contributed by atoms with Crippen LogP contribution in [0.5, 0.6) is 11.5 Å². The number of halogens is 2. The van der Waals surface area contributed by atoms with E-state index in [1.54, 1.807) is 0 Å². The summed E-state index contributed by atoms with van der Waals surface area (Å²) in [5.74, 6) is -2.47. The molecule has 2 rings (SSSR count). The third-order valence-corrected chi connectivity index (χ3v) is 3.60. The van der Waals surface area contributed by atoms with Crippen LogP contribution in [-0.4, -0.2) is 30.5 Å². The summed E-state index contributed by atoms with van der Waals surface area (Å²) in [4.78, 5) is 33.6. The Kier molecular flexibility index (Phi) is 6.14. The number of ether oxygens (including phenoxy) is 2. The molecule has 0 spiro atoms. The van der Waals surface area contributed by atoms with Crippen molar-refractivity contribution in [3.63, 3.8) is 0 Å². The minimum atomic E-state index is -1.04. The Morgan fingerprint density at radius 1 is 1.30 bits per heavy atom. The van der Waals surface area contributed by atoms with Crippen LogP contribution in [0.2, 0.25) is 5.02 Å². The van der Waals surface area contributed by atoms with E-state index in [0.717, 1.165) is 18.2 Å². The molecule has 11 heteroatoms. The molecule has 0 radical (unpaired) electrons. The van der Waals surface area contributed by atoms with Crippen molar-refractivity contribution >= 4 is 34.8 Å². The number of rotatable bonds is 7. The molecule has 3 N–H and O–H groups in total. The van der Waals surface area contributed by atoms with E-state index < -0.39 is 40.4 Å². The van der Waals surface area contributed by atoms with Gasteiger partial charge in [-0.05, 0) is 18.2 Å². The van der Waals surface area contributed by atoms with Crippen LogP contribution in [0.15, 0.2) is 30.3 Å². The molecule has 0 saturated carbocycles. The number of amides is 2. The van der Waals surface area contributed by atoms with Crippen LogP contribution < -0.4 is 20.5 Å². The highest BCUT2D eigenvalue weighted by molar-refractivity contribution is 6.31.